The van der Waals surface area contributed by atoms with Gasteiger partial charge in [0.2, 0.25) is 0 Å². The average Bonchev–Trinajstić information content (AvgIpc) is 2.29. The second-order valence-corrected chi connectivity index (χ2v) is 3.75. The summed E-state index contributed by atoms with van der Waals surface area (Å²) in [6.07, 6.45) is 5.28. The maximum absolute atomic E-state index is 11.2. The van der Waals surface area contributed by atoms with E-state index in [0.717, 1.165) is 5.56 Å². The minimum atomic E-state index is -0.870. The number of benzene rings is 1. The van der Waals surface area contributed by atoms with E-state index in [2.05, 4.69) is 0 Å². The predicted molar refractivity (Wildman–Crippen MR) is 61.8 cm³/mol. The van der Waals surface area contributed by atoms with Gasteiger partial charge in [-0.15, -0.1) is 0 Å². The number of hydrogen-bond donors (Lipinski definition) is 1. The van der Waals surface area contributed by atoms with Gasteiger partial charge in [-0.2, -0.15) is 0 Å². The first-order valence-corrected chi connectivity index (χ1v) is 5.08. The molecule has 0 bridgehead atoms. The van der Waals surface area contributed by atoms with Crippen LogP contribution in [-0.4, -0.2) is 23.0 Å². The molecule has 0 aromatic heterocycles. The second-order valence-electron chi connectivity index (χ2n) is 3.75. The second kappa shape index (κ2) is 4.23. The summed E-state index contributed by atoms with van der Waals surface area (Å²) in [6, 6.07) is 9.44. The van der Waals surface area contributed by atoms with Crippen molar-refractivity contribution in [3.8, 4) is 0 Å². The van der Waals surface area contributed by atoms with Crippen molar-refractivity contribution >= 4 is 5.97 Å². The van der Waals surface area contributed by atoms with E-state index in [9.17, 15) is 4.79 Å². The normalized spacial score (nSPS) is 19.4. The summed E-state index contributed by atoms with van der Waals surface area (Å²) in [5, 5.41) is 9.16. The Balaban J connectivity index is 2.42. The maximum Gasteiger partial charge on any atom is 0.334 e. The molecule has 3 heteroatoms. The Bertz CT molecular complexity index is 448. The van der Waals surface area contributed by atoms with Gasteiger partial charge in [-0.3, -0.25) is 0 Å². The fourth-order valence-electron chi connectivity index (χ4n) is 1.92. The van der Waals surface area contributed by atoms with Crippen LogP contribution in [-0.2, 0) is 4.79 Å². The van der Waals surface area contributed by atoms with Crippen LogP contribution in [0, 0.1) is 0 Å². The number of rotatable bonds is 2. The SMILES string of the molecule is CN1C=CC=C(C(=O)O)C1c1ccccc1. The van der Waals surface area contributed by atoms with Crippen LogP contribution in [0.4, 0.5) is 0 Å². The molecule has 0 amide bonds. The van der Waals surface area contributed by atoms with Gasteiger partial charge in [-0.25, -0.2) is 4.79 Å². The Morgan fingerprint density at radius 1 is 1.31 bits per heavy atom. The van der Waals surface area contributed by atoms with Gasteiger partial charge < -0.3 is 10.0 Å². The van der Waals surface area contributed by atoms with Crippen LogP contribution in [0.2, 0.25) is 0 Å². The van der Waals surface area contributed by atoms with Crippen LogP contribution < -0.4 is 0 Å². The van der Waals surface area contributed by atoms with Crippen molar-refractivity contribution in [3.05, 3.63) is 59.8 Å². The molecule has 1 aromatic rings. The molecule has 1 aliphatic heterocycles. The average molecular weight is 215 g/mol. The number of carboxylic acids is 1. The third-order valence-electron chi connectivity index (χ3n) is 2.66. The Kier molecular flexibility index (Phi) is 2.77. The van der Waals surface area contributed by atoms with E-state index >= 15 is 0 Å². The summed E-state index contributed by atoms with van der Waals surface area (Å²) in [6.45, 7) is 0. The molecule has 1 unspecified atom stereocenters. The molecule has 0 saturated heterocycles. The van der Waals surface area contributed by atoms with Crippen LogP contribution in [0.15, 0.2) is 54.3 Å². The molecule has 3 nitrogen and oxygen atoms in total. The Hall–Kier alpha value is -2.03. The first kappa shape index (κ1) is 10.5. The molecule has 0 radical (unpaired) electrons. The molecule has 1 aliphatic rings. The standard InChI is InChI=1S/C13H13NO2/c1-14-9-5-8-11(13(15)16)12(14)10-6-3-2-4-7-10/h2-9,12H,1H3,(H,15,16). The van der Waals surface area contributed by atoms with E-state index < -0.39 is 5.97 Å². The molecule has 0 fully saturated rings. The van der Waals surface area contributed by atoms with Gasteiger partial charge in [0.05, 0.1) is 11.6 Å². The largest absolute Gasteiger partial charge is 0.478 e. The van der Waals surface area contributed by atoms with Gasteiger partial charge in [0.25, 0.3) is 0 Å². The monoisotopic (exact) mass is 215 g/mol. The highest BCUT2D eigenvalue weighted by atomic mass is 16.4. The number of nitrogens with zero attached hydrogens (tertiary/aromatic N) is 1. The molecule has 82 valence electrons. The van der Waals surface area contributed by atoms with Crippen molar-refractivity contribution < 1.29 is 9.90 Å². The van der Waals surface area contributed by atoms with Crippen LogP contribution in [0.5, 0.6) is 0 Å². The lowest BCUT2D eigenvalue weighted by molar-refractivity contribution is -0.133. The minimum Gasteiger partial charge on any atom is -0.478 e. The van der Waals surface area contributed by atoms with Gasteiger partial charge in [-0.1, -0.05) is 30.3 Å². The predicted octanol–water partition coefficient (Wildman–Crippen LogP) is 2.20. The minimum absolute atomic E-state index is 0.205. The van der Waals surface area contributed by atoms with Gasteiger partial charge >= 0.3 is 5.97 Å². The Morgan fingerprint density at radius 2 is 2.00 bits per heavy atom. The van der Waals surface area contributed by atoms with Crippen molar-refractivity contribution in [3.63, 3.8) is 0 Å². The fraction of sp³-hybridized carbons (Fsp3) is 0.154. The zero-order chi connectivity index (χ0) is 11.5. The highest BCUT2D eigenvalue weighted by molar-refractivity contribution is 5.89. The molecule has 1 atom stereocenters. The van der Waals surface area contributed by atoms with E-state index in [0.29, 0.717) is 5.57 Å². The summed E-state index contributed by atoms with van der Waals surface area (Å²) in [5.74, 6) is -0.870. The van der Waals surface area contributed by atoms with E-state index in [-0.39, 0.29) is 6.04 Å². The quantitative estimate of drug-likeness (QED) is 0.822. The molecule has 2 rings (SSSR count). The van der Waals surface area contributed by atoms with E-state index in [1.54, 1.807) is 12.2 Å². The molecule has 16 heavy (non-hydrogen) atoms. The number of likely N-dealkylation sites (N-methyl/N-ethyl adjacent to an activating group) is 1. The summed E-state index contributed by atoms with van der Waals surface area (Å²) in [7, 11) is 1.88. The lowest BCUT2D eigenvalue weighted by Crippen LogP contribution is -2.26. The van der Waals surface area contributed by atoms with Crippen molar-refractivity contribution in [2.24, 2.45) is 0 Å². The summed E-state index contributed by atoms with van der Waals surface area (Å²) < 4.78 is 0. The number of allylic oxidation sites excluding steroid dienone is 2. The lowest BCUT2D eigenvalue weighted by atomic mass is 9.95. The van der Waals surface area contributed by atoms with Crippen LogP contribution in [0.3, 0.4) is 0 Å². The Morgan fingerprint density at radius 3 is 2.62 bits per heavy atom. The third kappa shape index (κ3) is 1.84. The molecule has 0 saturated carbocycles. The first-order chi connectivity index (χ1) is 7.70. The van der Waals surface area contributed by atoms with Gasteiger partial charge in [0, 0.05) is 7.05 Å². The topological polar surface area (TPSA) is 40.5 Å². The lowest BCUT2D eigenvalue weighted by Gasteiger charge is -2.30. The molecule has 0 aliphatic carbocycles. The fourth-order valence-corrected chi connectivity index (χ4v) is 1.92. The van der Waals surface area contributed by atoms with E-state index in [1.807, 2.05) is 48.5 Å². The third-order valence-corrected chi connectivity index (χ3v) is 2.66. The summed E-state index contributed by atoms with van der Waals surface area (Å²) in [4.78, 5) is 13.1. The Labute approximate surface area is 94.3 Å². The van der Waals surface area contributed by atoms with Gasteiger partial charge in [0.1, 0.15) is 0 Å². The summed E-state index contributed by atoms with van der Waals surface area (Å²) >= 11 is 0. The van der Waals surface area contributed by atoms with Gasteiger partial charge in [-0.05, 0) is 23.9 Å². The number of carbonyl (C=O) groups is 1. The zero-order valence-electron chi connectivity index (χ0n) is 9.00. The van der Waals surface area contributed by atoms with Crippen molar-refractivity contribution in [2.75, 3.05) is 7.05 Å². The number of aliphatic carboxylic acids is 1. The molecule has 1 N–H and O–H groups in total. The van der Waals surface area contributed by atoms with Crippen molar-refractivity contribution in [1.29, 1.82) is 0 Å². The highest BCUT2D eigenvalue weighted by Gasteiger charge is 2.25. The smallest absolute Gasteiger partial charge is 0.334 e. The van der Waals surface area contributed by atoms with Gasteiger partial charge in [0.15, 0.2) is 0 Å². The van der Waals surface area contributed by atoms with E-state index in [1.165, 1.54) is 0 Å². The molecular formula is C13H13NO2. The summed E-state index contributed by atoms with van der Waals surface area (Å²) in [5.41, 5.74) is 1.39. The van der Waals surface area contributed by atoms with Crippen molar-refractivity contribution in [1.82, 2.24) is 4.90 Å². The highest BCUT2D eigenvalue weighted by Crippen LogP contribution is 2.30. The molecule has 1 aromatic carbocycles. The van der Waals surface area contributed by atoms with Crippen molar-refractivity contribution in [2.45, 2.75) is 6.04 Å². The first-order valence-electron chi connectivity index (χ1n) is 5.08. The zero-order valence-corrected chi connectivity index (χ0v) is 9.00. The number of hydrogen-bond acceptors (Lipinski definition) is 2. The van der Waals surface area contributed by atoms with Crippen LogP contribution in [0.25, 0.3) is 0 Å². The molecule has 1 heterocycles. The molecule has 0 spiro atoms. The van der Waals surface area contributed by atoms with Crippen LogP contribution >= 0.6 is 0 Å². The van der Waals surface area contributed by atoms with E-state index in [4.69, 9.17) is 5.11 Å². The number of carboxylic acid groups (broad SMARTS) is 1. The maximum atomic E-state index is 11.2. The molecular weight excluding hydrogens is 202 g/mol. The van der Waals surface area contributed by atoms with Crippen LogP contribution in [0.1, 0.15) is 11.6 Å².